The van der Waals surface area contributed by atoms with Crippen molar-refractivity contribution >= 4 is 11.0 Å². The van der Waals surface area contributed by atoms with Crippen molar-refractivity contribution in [3.8, 4) is 17.1 Å². The van der Waals surface area contributed by atoms with Crippen molar-refractivity contribution in [3.05, 3.63) is 48.3 Å². The smallest absolute Gasteiger partial charge is 0.148 e. The molecule has 0 amide bonds. The Morgan fingerprint density at radius 3 is 2.65 bits per heavy atom. The molecule has 0 atom stereocenters. The maximum atomic E-state index is 14.1. The number of halogens is 1. The number of aromatic nitrogens is 2. The fourth-order valence-corrected chi connectivity index (χ4v) is 2.66. The van der Waals surface area contributed by atoms with Crippen molar-refractivity contribution < 1.29 is 9.50 Å². The zero-order valence-corrected chi connectivity index (χ0v) is 10.8. The van der Waals surface area contributed by atoms with E-state index in [0.717, 1.165) is 23.9 Å². The molecule has 100 valence electrons. The lowest BCUT2D eigenvalue weighted by molar-refractivity contribution is 0.470. The van der Waals surface area contributed by atoms with E-state index in [9.17, 15) is 9.50 Å². The summed E-state index contributed by atoms with van der Waals surface area (Å²) in [5.41, 5.74) is 2.01. The molecule has 4 rings (SSSR count). The Labute approximate surface area is 115 Å². The molecule has 1 saturated carbocycles. The van der Waals surface area contributed by atoms with E-state index in [1.54, 1.807) is 0 Å². The molecular weight excluding hydrogens is 255 g/mol. The highest BCUT2D eigenvalue weighted by Crippen LogP contribution is 2.43. The summed E-state index contributed by atoms with van der Waals surface area (Å²) in [5.74, 6) is 0.00807. The van der Waals surface area contributed by atoms with Crippen LogP contribution in [0.25, 0.3) is 22.4 Å². The molecule has 0 bridgehead atoms. The van der Waals surface area contributed by atoms with Crippen LogP contribution in [0.1, 0.15) is 18.9 Å². The van der Waals surface area contributed by atoms with Gasteiger partial charge in [0.15, 0.2) is 0 Å². The Kier molecular flexibility index (Phi) is 2.33. The molecule has 1 fully saturated rings. The van der Waals surface area contributed by atoms with Crippen molar-refractivity contribution in [1.82, 2.24) is 9.55 Å². The molecular formula is C16H13FN2O. The van der Waals surface area contributed by atoms with E-state index >= 15 is 0 Å². The second kappa shape index (κ2) is 4.07. The molecule has 0 spiro atoms. The third-order valence-corrected chi connectivity index (χ3v) is 3.72. The van der Waals surface area contributed by atoms with Gasteiger partial charge in [-0.1, -0.05) is 18.2 Å². The van der Waals surface area contributed by atoms with Crippen LogP contribution in [0.4, 0.5) is 4.39 Å². The average molecular weight is 268 g/mol. The fraction of sp³-hybridized carbons (Fsp3) is 0.188. The van der Waals surface area contributed by atoms with Gasteiger partial charge >= 0.3 is 0 Å². The summed E-state index contributed by atoms with van der Waals surface area (Å²) >= 11 is 0. The second-order valence-electron chi connectivity index (χ2n) is 5.16. The Morgan fingerprint density at radius 2 is 1.90 bits per heavy atom. The van der Waals surface area contributed by atoms with Crippen molar-refractivity contribution in [2.24, 2.45) is 0 Å². The van der Waals surface area contributed by atoms with E-state index in [-0.39, 0.29) is 11.3 Å². The molecule has 3 aromatic rings. The molecule has 1 aromatic heterocycles. The van der Waals surface area contributed by atoms with Crippen LogP contribution in [0.2, 0.25) is 0 Å². The number of hydrogen-bond acceptors (Lipinski definition) is 2. The van der Waals surface area contributed by atoms with Gasteiger partial charge in [-0.3, -0.25) is 0 Å². The Hall–Kier alpha value is -2.36. The number of imidazole rings is 1. The number of phenols is 1. The van der Waals surface area contributed by atoms with E-state index in [1.165, 1.54) is 18.2 Å². The summed E-state index contributed by atoms with van der Waals surface area (Å²) in [4.78, 5) is 4.53. The zero-order chi connectivity index (χ0) is 13.7. The van der Waals surface area contributed by atoms with Crippen LogP contribution in [0.15, 0.2) is 42.5 Å². The predicted octanol–water partition coefficient (Wildman–Crippen LogP) is 3.88. The SMILES string of the molecule is Oc1cccc(F)c1-c1nc2ccccc2n1C1CC1. The molecule has 1 N–H and O–H groups in total. The van der Waals surface area contributed by atoms with Crippen LogP contribution in [-0.2, 0) is 0 Å². The van der Waals surface area contributed by atoms with Gasteiger partial charge in [-0.15, -0.1) is 0 Å². The van der Waals surface area contributed by atoms with E-state index in [1.807, 2.05) is 28.8 Å². The number of benzene rings is 2. The van der Waals surface area contributed by atoms with Crippen LogP contribution in [0.5, 0.6) is 5.75 Å². The largest absolute Gasteiger partial charge is 0.507 e. The summed E-state index contributed by atoms with van der Waals surface area (Å²) < 4.78 is 16.2. The number of hydrogen-bond donors (Lipinski definition) is 1. The summed E-state index contributed by atoms with van der Waals surface area (Å²) in [5, 5.41) is 10.0. The predicted molar refractivity (Wildman–Crippen MR) is 75.1 cm³/mol. The maximum Gasteiger partial charge on any atom is 0.148 e. The first-order valence-electron chi connectivity index (χ1n) is 6.70. The van der Waals surface area contributed by atoms with Crippen LogP contribution in [-0.4, -0.2) is 14.7 Å². The van der Waals surface area contributed by atoms with E-state index in [0.29, 0.717) is 11.9 Å². The van der Waals surface area contributed by atoms with Gasteiger partial charge in [-0.2, -0.15) is 0 Å². The lowest BCUT2D eigenvalue weighted by Crippen LogP contribution is -1.99. The first-order valence-corrected chi connectivity index (χ1v) is 6.70. The highest BCUT2D eigenvalue weighted by atomic mass is 19.1. The second-order valence-corrected chi connectivity index (χ2v) is 5.16. The molecule has 0 unspecified atom stereocenters. The van der Waals surface area contributed by atoms with Gasteiger partial charge in [0.25, 0.3) is 0 Å². The average Bonchev–Trinajstić information content (AvgIpc) is 3.19. The Morgan fingerprint density at radius 1 is 1.10 bits per heavy atom. The molecule has 20 heavy (non-hydrogen) atoms. The van der Waals surface area contributed by atoms with Crippen LogP contribution in [0, 0.1) is 5.82 Å². The standard InChI is InChI=1S/C16H13FN2O/c17-11-4-3-7-14(20)15(11)16-18-12-5-1-2-6-13(12)19(16)10-8-9-10/h1-7,10,20H,8-9H2. The normalized spacial score (nSPS) is 14.8. The topological polar surface area (TPSA) is 38.1 Å². The molecule has 4 heteroatoms. The third kappa shape index (κ3) is 1.61. The summed E-state index contributed by atoms with van der Waals surface area (Å²) in [6, 6.07) is 12.5. The minimum atomic E-state index is -0.442. The number of phenolic OH excluding ortho intramolecular Hbond substituents is 1. The quantitative estimate of drug-likeness (QED) is 0.765. The summed E-state index contributed by atoms with van der Waals surface area (Å²) in [6.45, 7) is 0. The lowest BCUT2D eigenvalue weighted by Gasteiger charge is -2.09. The summed E-state index contributed by atoms with van der Waals surface area (Å²) in [7, 11) is 0. The van der Waals surface area contributed by atoms with Crippen molar-refractivity contribution in [2.75, 3.05) is 0 Å². The minimum Gasteiger partial charge on any atom is -0.507 e. The first-order chi connectivity index (χ1) is 9.75. The van der Waals surface area contributed by atoms with Crippen molar-refractivity contribution in [1.29, 1.82) is 0 Å². The van der Waals surface area contributed by atoms with Crippen molar-refractivity contribution in [3.63, 3.8) is 0 Å². The number of para-hydroxylation sites is 2. The highest BCUT2D eigenvalue weighted by Gasteiger charge is 2.30. The van der Waals surface area contributed by atoms with Gasteiger partial charge in [0, 0.05) is 6.04 Å². The summed E-state index contributed by atoms with van der Waals surface area (Å²) in [6.07, 6.45) is 2.14. The molecule has 3 nitrogen and oxygen atoms in total. The van der Waals surface area contributed by atoms with Gasteiger partial charge in [-0.05, 0) is 37.1 Å². The highest BCUT2D eigenvalue weighted by molar-refractivity contribution is 5.82. The van der Waals surface area contributed by atoms with Crippen molar-refractivity contribution in [2.45, 2.75) is 18.9 Å². The molecule has 1 aliphatic carbocycles. The van der Waals surface area contributed by atoms with Crippen LogP contribution >= 0.6 is 0 Å². The molecule has 0 radical (unpaired) electrons. The molecule has 2 aromatic carbocycles. The monoisotopic (exact) mass is 268 g/mol. The molecule has 0 saturated heterocycles. The Balaban J connectivity index is 2.07. The van der Waals surface area contributed by atoms with E-state index in [4.69, 9.17) is 0 Å². The Bertz CT molecular complexity index is 785. The maximum absolute atomic E-state index is 14.1. The van der Waals surface area contributed by atoms with E-state index in [2.05, 4.69) is 4.98 Å². The van der Waals surface area contributed by atoms with Crippen LogP contribution < -0.4 is 0 Å². The van der Waals surface area contributed by atoms with Crippen LogP contribution in [0.3, 0.4) is 0 Å². The fourth-order valence-electron chi connectivity index (χ4n) is 2.66. The van der Waals surface area contributed by atoms with Gasteiger partial charge < -0.3 is 9.67 Å². The third-order valence-electron chi connectivity index (χ3n) is 3.72. The van der Waals surface area contributed by atoms with Gasteiger partial charge in [0.1, 0.15) is 17.4 Å². The zero-order valence-electron chi connectivity index (χ0n) is 10.8. The first kappa shape index (κ1) is 11.5. The molecule has 1 heterocycles. The number of nitrogens with zero attached hydrogens (tertiary/aromatic N) is 2. The number of rotatable bonds is 2. The van der Waals surface area contributed by atoms with Gasteiger partial charge in [-0.25, -0.2) is 9.37 Å². The van der Waals surface area contributed by atoms with E-state index < -0.39 is 5.82 Å². The number of fused-ring (bicyclic) bond motifs is 1. The molecule has 1 aliphatic rings. The minimum absolute atomic E-state index is 0.0674. The molecule has 0 aliphatic heterocycles. The lowest BCUT2D eigenvalue weighted by atomic mass is 10.1. The van der Waals surface area contributed by atoms with Gasteiger partial charge in [0.05, 0.1) is 16.6 Å². The number of aromatic hydroxyl groups is 1. The van der Waals surface area contributed by atoms with Gasteiger partial charge in [0.2, 0.25) is 0 Å².